The van der Waals surface area contributed by atoms with Crippen LogP contribution in [0.2, 0.25) is 0 Å². The predicted octanol–water partition coefficient (Wildman–Crippen LogP) is 5.67. The highest BCUT2D eigenvalue weighted by Gasteiger charge is 2.30. The highest BCUT2D eigenvalue weighted by atomic mass is 19.4. The van der Waals surface area contributed by atoms with E-state index in [0.717, 1.165) is 31.4 Å². The van der Waals surface area contributed by atoms with Gasteiger partial charge < -0.3 is 9.73 Å². The molecule has 0 bridgehead atoms. The first-order valence-corrected chi connectivity index (χ1v) is 9.00. The van der Waals surface area contributed by atoms with Crippen LogP contribution in [0.3, 0.4) is 0 Å². The van der Waals surface area contributed by atoms with Crippen LogP contribution in [-0.2, 0) is 11.0 Å². The number of carbonyl (C=O) groups excluding carboxylic acids is 1. The van der Waals surface area contributed by atoms with Crippen molar-refractivity contribution in [3.05, 3.63) is 54.3 Å². The zero-order chi connectivity index (χ0) is 20.1. The number of furan rings is 1. The SMILES string of the molecule is CCCCCC(=O)Nc1cc(-c2ccco2)nn1-c1ccc(C(F)(F)F)cc1. The summed E-state index contributed by atoms with van der Waals surface area (Å²) >= 11 is 0. The van der Waals surface area contributed by atoms with Crippen molar-refractivity contribution in [1.29, 1.82) is 0 Å². The number of halogens is 3. The Balaban J connectivity index is 1.91. The molecule has 8 heteroatoms. The molecule has 148 valence electrons. The van der Waals surface area contributed by atoms with E-state index in [4.69, 9.17) is 4.42 Å². The molecule has 0 aliphatic heterocycles. The minimum Gasteiger partial charge on any atom is -0.463 e. The number of alkyl halides is 3. The maximum Gasteiger partial charge on any atom is 0.416 e. The maximum atomic E-state index is 12.8. The Labute approximate surface area is 160 Å². The molecule has 1 N–H and O–H groups in total. The summed E-state index contributed by atoms with van der Waals surface area (Å²) in [6.07, 6.45) is 0.153. The summed E-state index contributed by atoms with van der Waals surface area (Å²) in [6.45, 7) is 2.05. The van der Waals surface area contributed by atoms with E-state index in [1.807, 2.05) is 6.92 Å². The van der Waals surface area contributed by atoms with Gasteiger partial charge in [-0.15, -0.1) is 0 Å². The van der Waals surface area contributed by atoms with Crippen LogP contribution in [0, 0.1) is 0 Å². The third kappa shape index (κ3) is 4.62. The summed E-state index contributed by atoms with van der Waals surface area (Å²) in [5.74, 6) is 0.687. The minimum atomic E-state index is -4.42. The number of carbonyl (C=O) groups is 1. The summed E-state index contributed by atoms with van der Waals surface area (Å²) in [7, 11) is 0. The molecule has 0 unspecified atom stereocenters. The van der Waals surface area contributed by atoms with Crippen molar-refractivity contribution in [2.75, 3.05) is 5.32 Å². The lowest BCUT2D eigenvalue weighted by Crippen LogP contribution is -2.14. The van der Waals surface area contributed by atoms with Crippen molar-refractivity contribution in [2.45, 2.75) is 38.8 Å². The Morgan fingerprint density at radius 3 is 2.54 bits per heavy atom. The molecular formula is C20H20F3N3O2. The molecule has 3 rings (SSSR count). The van der Waals surface area contributed by atoms with Crippen LogP contribution in [0.5, 0.6) is 0 Å². The first-order chi connectivity index (χ1) is 13.4. The lowest BCUT2D eigenvalue weighted by atomic mass is 10.2. The number of hydrogen-bond donors (Lipinski definition) is 1. The molecule has 0 atom stereocenters. The molecule has 28 heavy (non-hydrogen) atoms. The first kappa shape index (κ1) is 19.7. The van der Waals surface area contributed by atoms with Crippen LogP contribution in [0.1, 0.15) is 38.2 Å². The van der Waals surface area contributed by atoms with Crippen molar-refractivity contribution in [3.8, 4) is 17.1 Å². The number of aromatic nitrogens is 2. The lowest BCUT2D eigenvalue weighted by molar-refractivity contribution is -0.137. The smallest absolute Gasteiger partial charge is 0.416 e. The maximum absolute atomic E-state index is 12.8. The molecule has 2 aromatic heterocycles. The third-order valence-corrected chi connectivity index (χ3v) is 4.20. The minimum absolute atomic E-state index is 0.174. The van der Waals surface area contributed by atoms with Gasteiger partial charge in [0, 0.05) is 12.5 Å². The second-order valence-electron chi connectivity index (χ2n) is 6.35. The predicted molar refractivity (Wildman–Crippen MR) is 99.0 cm³/mol. The Hall–Kier alpha value is -3.03. The van der Waals surface area contributed by atoms with Crippen molar-refractivity contribution in [3.63, 3.8) is 0 Å². The van der Waals surface area contributed by atoms with Crippen LogP contribution in [-0.4, -0.2) is 15.7 Å². The Morgan fingerprint density at radius 1 is 1.18 bits per heavy atom. The van der Waals surface area contributed by atoms with E-state index in [-0.39, 0.29) is 5.91 Å². The van der Waals surface area contributed by atoms with E-state index >= 15 is 0 Å². The first-order valence-electron chi connectivity index (χ1n) is 9.00. The van der Waals surface area contributed by atoms with Crippen LogP contribution < -0.4 is 5.32 Å². The van der Waals surface area contributed by atoms with Gasteiger partial charge in [-0.2, -0.15) is 18.3 Å². The molecule has 0 radical (unpaired) electrons. The van der Waals surface area contributed by atoms with Crippen LogP contribution >= 0.6 is 0 Å². The Kier molecular flexibility index (Phi) is 5.87. The standard InChI is InChI=1S/C20H20F3N3O2/c1-2-3-4-7-19(27)24-18-13-16(17-6-5-12-28-17)25-26(18)15-10-8-14(9-11-15)20(21,22)23/h5-6,8-13H,2-4,7H2,1H3,(H,24,27). The molecule has 0 fully saturated rings. The van der Waals surface area contributed by atoms with Crippen LogP contribution in [0.4, 0.5) is 19.0 Å². The molecule has 0 aliphatic rings. The Bertz CT molecular complexity index is 913. The summed E-state index contributed by atoms with van der Waals surface area (Å²) in [4.78, 5) is 12.2. The van der Waals surface area contributed by atoms with Gasteiger partial charge in [0.05, 0.1) is 17.5 Å². The number of hydrogen-bond acceptors (Lipinski definition) is 3. The lowest BCUT2D eigenvalue weighted by Gasteiger charge is -2.11. The zero-order valence-corrected chi connectivity index (χ0v) is 15.3. The van der Waals surface area contributed by atoms with Crippen LogP contribution in [0.25, 0.3) is 17.1 Å². The molecule has 0 saturated carbocycles. The average molecular weight is 391 g/mol. The van der Waals surface area contributed by atoms with Gasteiger partial charge in [0.1, 0.15) is 11.5 Å². The molecule has 0 saturated heterocycles. The van der Waals surface area contributed by atoms with Gasteiger partial charge in [0.2, 0.25) is 5.91 Å². The molecule has 1 aromatic carbocycles. The molecular weight excluding hydrogens is 371 g/mol. The number of nitrogens with one attached hydrogen (secondary N) is 1. The van der Waals surface area contributed by atoms with Gasteiger partial charge in [-0.3, -0.25) is 4.79 Å². The molecule has 0 spiro atoms. The quantitative estimate of drug-likeness (QED) is 0.528. The van der Waals surface area contributed by atoms with E-state index in [1.165, 1.54) is 23.1 Å². The van der Waals surface area contributed by atoms with Crippen molar-refractivity contribution < 1.29 is 22.4 Å². The van der Waals surface area contributed by atoms with Gasteiger partial charge >= 0.3 is 6.18 Å². The topological polar surface area (TPSA) is 60.1 Å². The molecule has 5 nitrogen and oxygen atoms in total. The van der Waals surface area contributed by atoms with Crippen molar-refractivity contribution in [1.82, 2.24) is 9.78 Å². The monoisotopic (exact) mass is 391 g/mol. The fraction of sp³-hybridized carbons (Fsp3) is 0.300. The summed E-state index contributed by atoms with van der Waals surface area (Å²) in [5, 5.41) is 7.18. The number of unbranched alkanes of at least 4 members (excludes halogenated alkanes) is 2. The van der Waals surface area contributed by atoms with E-state index < -0.39 is 11.7 Å². The molecule has 0 aliphatic carbocycles. The van der Waals surface area contributed by atoms with E-state index in [9.17, 15) is 18.0 Å². The van der Waals surface area contributed by atoms with E-state index in [1.54, 1.807) is 18.2 Å². The van der Waals surface area contributed by atoms with Gasteiger partial charge in [-0.05, 0) is 42.8 Å². The normalized spacial score (nSPS) is 11.6. The second-order valence-corrected chi connectivity index (χ2v) is 6.35. The molecule has 1 amide bonds. The molecule has 2 heterocycles. The fourth-order valence-electron chi connectivity index (χ4n) is 2.74. The van der Waals surface area contributed by atoms with E-state index in [0.29, 0.717) is 29.4 Å². The highest BCUT2D eigenvalue weighted by molar-refractivity contribution is 5.90. The van der Waals surface area contributed by atoms with Gasteiger partial charge in [-0.1, -0.05) is 19.8 Å². The number of nitrogens with zero attached hydrogens (tertiary/aromatic N) is 2. The fourth-order valence-corrected chi connectivity index (χ4v) is 2.74. The highest BCUT2D eigenvalue weighted by Crippen LogP contribution is 2.31. The van der Waals surface area contributed by atoms with Gasteiger partial charge in [0.15, 0.2) is 5.76 Å². The largest absolute Gasteiger partial charge is 0.463 e. The average Bonchev–Trinajstić information content (AvgIpc) is 3.31. The number of anilines is 1. The van der Waals surface area contributed by atoms with Crippen molar-refractivity contribution in [2.24, 2.45) is 0 Å². The number of amides is 1. The number of benzene rings is 1. The zero-order valence-electron chi connectivity index (χ0n) is 15.3. The second kappa shape index (κ2) is 8.33. The van der Waals surface area contributed by atoms with Crippen molar-refractivity contribution >= 4 is 11.7 Å². The summed E-state index contributed by atoms with van der Waals surface area (Å²) in [6, 6.07) is 9.64. The Morgan fingerprint density at radius 2 is 1.93 bits per heavy atom. The summed E-state index contributed by atoms with van der Waals surface area (Å²) in [5.41, 5.74) is 0.114. The van der Waals surface area contributed by atoms with Gasteiger partial charge in [0.25, 0.3) is 0 Å². The van der Waals surface area contributed by atoms with Gasteiger partial charge in [-0.25, -0.2) is 4.68 Å². The van der Waals surface area contributed by atoms with E-state index in [2.05, 4.69) is 10.4 Å². The summed E-state index contributed by atoms with van der Waals surface area (Å²) < 4.78 is 45.2. The van der Waals surface area contributed by atoms with Crippen LogP contribution in [0.15, 0.2) is 53.1 Å². The number of rotatable bonds is 7. The molecule has 3 aromatic rings. The third-order valence-electron chi connectivity index (χ3n) is 4.20.